The standard InChI is InChI=1S/C21H17N2O.2C20H15N2O3S.Ir/c1-15-10-12-16(13-11-15)14-22-18-7-3-2-6-17(18)21-23-19-8-4-5-9-20(19)24-21;2*1-14-10-12-15(13-11-14)26(23,24)22-17-7-3-2-6-16(17)20-21-18-8-4-5-9-19(18)25-20;/h2-13H,14H2,1H3;2*2-13H,1H3;/q3*-1;+3. The van der Waals surface area contributed by atoms with Crippen molar-refractivity contribution in [2.24, 2.45) is 0 Å². The first-order valence-corrected chi connectivity index (χ1v) is 26.9. The van der Waals surface area contributed by atoms with Crippen LogP contribution in [0, 0.1) is 20.8 Å². The summed E-state index contributed by atoms with van der Waals surface area (Å²) in [5.41, 5.74) is 12.2. The van der Waals surface area contributed by atoms with Crippen LogP contribution in [0.15, 0.2) is 241 Å². The minimum atomic E-state index is -3.84. The Morgan fingerprint density at radius 2 is 0.662 bits per heavy atom. The summed E-state index contributed by atoms with van der Waals surface area (Å²) in [7, 11) is -7.67. The van der Waals surface area contributed by atoms with Crippen LogP contribution in [0.4, 0.5) is 17.1 Å². The zero-order valence-corrected chi connectivity index (χ0v) is 45.7. The molecule has 0 fully saturated rings. The van der Waals surface area contributed by atoms with E-state index in [2.05, 4.69) is 55.6 Å². The topological polar surface area (TPSA) is 189 Å². The van der Waals surface area contributed by atoms with E-state index in [-0.39, 0.29) is 29.9 Å². The second-order valence-electron chi connectivity index (χ2n) is 17.6. The van der Waals surface area contributed by atoms with Crippen molar-refractivity contribution in [1.82, 2.24) is 15.0 Å². The van der Waals surface area contributed by atoms with Gasteiger partial charge in [0.1, 0.15) is 36.6 Å². The van der Waals surface area contributed by atoms with E-state index in [0.29, 0.717) is 68.9 Å². The molecule has 0 aliphatic carbocycles. The Hall–Kier alpha value is -8.66. The van der Waals surface area contributed by atoms with E-state index in [1.807, 2.05) is 111 Å². The van der Waals surface area contributed by atoms with Crippen LogP contribution in [0.25, 0.3) is 82.4 Å². The summed E-state index contributed by atoms with van der Waals surface area (Å²) in [4.78, 5) is 13.8. The zero-order valence-electron chi connectivity index (χ0n) is 41.7. The zero-order chi connectivity index (χ0) is 52.7. The van der Waals surface area contributed by atoms with Gasteiger partial charge in [-0.1, -0.05) is 180 Å². The number of hydrogen-bond donors (Lipinski definition) is 0. The van der Waals surface area contributed by atoms with Gasteiger partial charge >= 0.3 is 20.1 Å². The van der Waals surface area contributed by atoms with Crippen molar-refractivity contribution in [2.45, 2.75) is 37.1 Å². The maximum atomic E-state index is 12.7. The van der Waals surface area contributed by atoms with Gasteiger partial charge in [-0.15, -0.1) is 23.6 Å². The third kappa shape index (κ3) is 12.7. The fraction of sp³-hybridized carbons (Fsp3) is 0.0656. The molecule has 0 atom stereocenters. The van der Waals surface area contributed by atoms with Crippen LogP contribution in [0.2, 0.25) is 0 Å². The normalized spacial score (nSPS) is 11.2. The predicted octanol–water partition coefficient (Wildman–Crippen LogP) is 16.4. The Morgan fingerprint density at radius 1 is 0.364 bits per heavy atom. The maximum absolute atomic E-state index is 12.7. The van der Waals surface area contributed by atoms with E-state index >= 15 is 0 Å². The molecule has 0 amide bonds. The molecule has 9 aromatic carbocycles. The van der Waals surface area contributed by atoms with Crippen LogP contribution in [-0.4, -0.2) is 31.8 Å². The maximum Gasteiger partial charge on any atom is 3.00 e. The van der Waals surface area contributed by atoms with Crippen LogP contribution in [-0.2, 0) is 46.7 Å². The average Bonchev–Trinajstić information content (AvgIpc) is 4.22. The molecule has 0 radical (unpaired) electrons. The molecule has 0 N–H and O–H groups in total. The van der Waals surface area contributed by atoms with Gasteiger partial charge in [-0.2, -0.15) is 0 Å². The van der Waals surface area contributed by atoms with Crippen molar-refractivity contribution in [3.63, 3.8) is 0 Å². The van der Waals surface area contributed by atoms with E-state index < -0.39 is 20.0 Å². The minimum Gasteiger partial charge on any atom is -0.680 e. The molecule has 0 spiro atoms. The summed E-state index contributed by atoms with van der Waals surface area (Å²) in [5.74, 6) is 1.29. The second kappa shape index (κ2) is 23.5. The van der Waals surface area contributed by atoms with Crippen LogP contribution in [0.3, 0.4) is 0 Å². The van der Waals surface area contributed by atoms with Crippen molar-refractivity contribution >= 4 is 70.4 Å². The molecule has 16 heteroatoms. The van der Waals surface area contributed by atoms with Crippen molar-refractivity contribution in [2.75, 3.05) is 0 Å². The molecule has 384 valence electrons. The Kier molecular flexibility index (Phi) is 16.2. The summed E-state index contributed by atoms with van der Waals surface area (Å²) in [5, 5.41) is 4.75. The van der Waals surface area contributed by atoms with Gasteiger partial charge in [0.05, 0.1) is 9.79 Å². The molecule has 0 aliphatic rings. The van der Waals surface area contributed by atoms with Crippen molar-refractivity contribution in [3.8, 4) is 34.4 Å². The van der Waals surface area contributed by atoms with Crippen molar-refractivity contribution < 1.29 is 50.2 Å². The summed E-state index contributed by atoms with van der Waals surface area (Å²) >= 11 is 0. The van der Waals surface area contributed by atoms with Gasteiger partial charge < -0.3 is 28.0 Å². The third-order valence-corrected chi connectivity index (χ3v) is 14.5. The Morgan fingerprint density at radius 3 is 1.03 bits per heavy atom. The van der Waals surface area contributed by atoms with Gasteiger partial charge in [0.2, 0.25) is 17.7 Å². The number of oxazole rings is 3. The number of nitrogens with zero attached hydrogens (tertiary/aromatic N) is 6. The van der Waals surface area contributed by atoms with Crippen LogP contribution >= 0.6 is 0 Å². The largest absolute Gasteiger partial charge is 3.00 e. The number of aryl methyl sites for hydroxylation is 3. The molecule has 3 aromatic heterocycles. The third-order valence-electron chi connectivity index (χ3n) is 11.9. The molecule has 77 heavy (non-hydrogen) atoms. The SMILES string of the molecule is Cc1ccc(C[N-]c2ccccc2-c2nc3ccccc3o2)cc1.Cc1ccc(S(=O)(=O)[N-]c2ccccc2-c2nc3ccccc3o2)cc1.Cc1ccc(S(=O)(=O)[N-]c2ccccc2-c2nc3ccccc3o2)cc1.[Ir+3]. The second-order valence-corrected chi connectivity index (χ2v) is 20.8. The summed E-state index contributed by atoms with van der Waals surface area (Å²) < 4.78 is 76.0. The van der Waals surface area contributed by atoms with Gasteiger partial charge in [0.25, 0.3) is 0 Å². The molecule has 12 aromatic rings. The number of sulfonamides is 2. The Balaban J connectivity index is 0.000000140. The predicted molar refractivity (Wildman–Crippen MR) is 299 cm³/mol. The number of rotatable bonds is 12. The average molecular weight is 1230 g/mol. The first kappa shape index (κ1) is 53.2. The van der Waals surface area contributed by atoms with Crippen LogP contribution in [0.5, 0.6) is 0 Å². The number of fused-ring (bicyclic) bond motifs is 3. The van der Waals surface area contributed by atoms with Gasteiger partial charge in [-0.05, 0) is 81.4 Å². The van der Waals surface area contributed by atoms with Crippen molar-refractivity contribution in [1.29, 1.82) is 0 Å². The molecule has 12 rings (SSSR count). The smallest absolute Gasteiger partial charge is 0.680 e. The van der Waals surface area contributed by atoms with E-state index in [1.54, 1.807) is 97.1 Å². The number of aromatic nitrogens is 3. The molecule has 0 aliphatic heterocycles. The molecule has 13 nitrogen and oxygen atoms in total. The molecule has 3 heterocycles. The van der Waals surface area contributed by atoms with Gasteiger partial charge in [0, 0.05) is 16.7 Å². The van der Waals surface area contributed by atoms with Crippen molar-refractivity contribution in [3.05, 3.63) is 255 Å². The number of benzene rings is 9. The number of hydrogen-bond acceptors (Lipinski definition) is 10. The first-order chi connectivity index (χ1) is 36.8. The van der Waals surface area contributed by atoms with Gasteiger partial charge in [-0.25, -0.2) is 31.8 Å². The Bertz CT molecular complexity index is 3910. The first-order valence-electron chi connectivity index (χ1n) is 24.0. The van der Waals surface area contributed by atoms with E-state index in [0.717, 1.165) is 33.5 Å². The molecule has 0 saturated carbocycles. The van der Waals surface area contributed by atoms with E-state index in [1.165, 1.54) is 11.1 Å². The summed E-state index contributed by atoms with van der Waals surface area (Å²) in [6.45, 7) is 6.52. The van der Waals surface area contributed by atoms with Gasteiger partial charge in [-0.3, -0.25) is 0 Å². The fourth-order valence-electron chi connectivity index (χ4n) is 7.88. The van der Waals surface area contributed by atoms with Crippen LogP contribution < -0.4 is 0 Å². The fourth-order valence-corrected chi connectivity index (χ4v) is 9.88. The molecular weight excluding hydrogens is 1190 g/mol. The summed E-state index contributed by atoms with van der Waals surface area (Å²) in [6.07, 6.45) is 0. The van der Waals surface area contributed by atoms with E-state index in [9.17, 15) is 16.8 Å². The molecule has 0 bridgehead atoms. The number of para-hydroxylation sites is 7. The molecule has 0 saturated heterocycles. The Labute approximate surface area is 459 Å². The molecular formula is C61H47IrN6O7S2. The quantitative estimate of drug-likeness (QED) is 0.114. The minimum absolute atomic E-state index is 0. The molecule has 0 unspecified atom stereocenters. The van der Waals surface area contributed by atoms with E-state index in [4.69, 9.17) is 18.6 Å². The monoisotopic (exact) mass is 1230 g/mol. The summed E-state index contributed by atoms with van der Waals surface area (Å²) in [6, 6.07) is 65.9. The van der Waals surface area contributed by atoms with Gasteiger partial charge in [0.15, 0.2) is 16.7 Å². The van der Waals surface area contributed by atoms with Crippen LogP contribution in [0.1, 0.15) is 22.3 Å².